The Hall–Kier alpha value is -2.22. The highest BCUT2D eigenvalue weighted by atomic mass is 16.6. The molecule has 1 aliphatic heterocycles. The van der Waals surface area contributed by atoms with Crippen molar-refractivity contribution in [2.24, 2.45) is 0 Å². The van der Waals surface area contributed by atoms with E-state index in [9.17, 15) is 14.9 Å². The highest BCUT2D eigenvalue weighted by Crippen LogP contribution is 2.23. The Kier molecular flexibility index (Phi) is 4.14. The second kappa shape index (κ2) is 5.83. The van der Waals surface area contributed by atoms with Gasteiger partial charge < -0.3 is 14.7 Å². The van der Waals surface area contributed by atoms with Crippen LogP contribution in [0.3, 0.4) is 0 Å². The molecule has 20 heavy (non-hydrogen) atoms. The van der Waals surface area contributed by atoms with Gasteiger partial charge in [-0.15, -0.1) is 0 Å². The Morgan fingerprint density at radius 3 is 3.05 bits per heavy atom. The van der Waals surface area contributed by atoms with Gasteiger partial charge in [-0.25, -0.2) is 4.98 Å². The van der Waals surface area contributed by atoms with Crippen LogP contribution in [0.1, 0.15) is 12.0 Å². The summed E-state index contributed by atoms with van der Waals surface area (Å²) in [5.74, 6) is -0.309. The van der Waals surface area contributed by atoms with Crippen LogP contribution in [0.2, 0.25) is 0 Å². The molecule has 0 spiro atoms. The summed E-state index contributed by atoms with van der Waals surface area (Å²) in [7, 11) is 0. The van der Waals surface area contributed by atoms with Gasteiger partial charge in [-0.1, -0.05) is 0 Å². The number of morpholine rings is 1. The van der Waals surface area contributed by atoms with E-state index >= 15 is 0 Å². The fourth-order valence-electron chi connectivity index (χ4n) is 2.14. The van der Waals surface area contributed by atoms with Gasteiger partial charge in [-0.05, 0) is 13.0 Å². The maximum Gasteiger partial charge on any atom is 0.306 e. The van der Waals surface area contributed by atoms with Crippen molar-refractivity contribution in [3.05, 3.63) is 27.9 Å². The van der Waals surface area contributed by atoms with Gasteiger partial charge >= 0.3 is 5.97 Å². The molecular formula is C12H15N3O5. The summed E-state index contributed by atoms with van der Waals surface area (Å²) in [6.45, 7) is 3.06. The highest BCUT2D eigenvalue weighted by molar-refractivity contribution is 5.67. The van der Waals surface area contributed by atoms with E-state index in [0.29, 0.717) is 31.1 Å². The van der Waals surface area contributed by atoms with Crippen molar-refractivity contribution in [2.45, 2.75) is 19.4 Å². The van der Waals surface area contributed by atoms with E-state index in [1.165, 1.54) is 6.20 Å². The largest absolute Gasteiger partial charge is 0.481 e. The van der Waals surface area contributed by atoms with E-state index in [2.05, 4.69) is 4.98 Å². The van der Waals surface area contributed by atoms with Crippen LogP contribution in [0.5, 0.6) is 0 Å². The summed E-state index contributed by atoms with van der Waals surface area (Å²) < 4.78 is 5.37. The third-order valence-corrected chi connectivity index (χ3v) is 3.13. The Bertz CT molecular complexity index is 534. The molecule has 0 aliphatic carbocycles. The molecule has 1 N–H and O–H groups in total. The predicted molar refractivity (Wildman–Crippen MR) is 69.8 cm³/mol. The Balaban J connectivity index is 2.13. The topological polar surface area (TPSA) is 106 Å². The summed E-state index contributed by atoms with van der Waals surface area (Å²) in [5, 5.41) is 19.5. The first-order valence-electron chi connectivity index (χ1n) is 6.16. The minimum Gasteiger partial charge on any atom is -0.481 e. The molecule has 2 heterocycles. The molecule has 108 valence electrons. The van der Waals surface area contributed by atoms with Crippen molar-refractivity contribution in [2.75, 3.05) is 24.6 Å². The number of pyridine rings is 1. The molecule has 8 nitrogen and oxygen atoms in total. The average Bonchev–Trinajstić information content (AvgIpc) is 2.37. The Labute approximate surface area is 115 Å². The van der Waals surface area contributed by atoms with Crippen LogP contribution in [0, 0.1) is 17.0 Å². The molecule has 0 aromatic carbocycles. The van der Waals surface area contributed by atoms with Gasteiger partial charge in [0.1, 0.15) is 12.0 Å². The molecule has 1 fully saturated rings. The molecular weight excluding hydrogens is 266 g/mol. The zero-order chi connectivity index (χ0) is 14.7. The van der Waals surface area contributed by atoms with Crippen LogP contribution < -0.4 is 4.90 Å². The number of carboxylic acids is 1. The van der Waals surface area contributed by atoms with Crippen molar-refractivity contribution in [1.82, 2.24) is 4.98 Å². The standard InChI is InChI=1S/C12H15N3O5/c1-8-4-11(13-6-10(8)15(18)19)14-2-3-20-9(7-14)5-12(16)17/h4,6,9H,2-3,5,7H2,1H3,(H,16,17). The number of ether oxygens (including phenoxy) is 1. The lowest BCUT2D eigenvalue weighted by Crippen LogP contribution is -2.43. The van der Waals surface area contributed by atoms with Crippen molar-refractivity contribution >= 4 is 17.5 Å². The molecule has 8 heteroatoms. The van der Waals surface area contributed by atoms with Crippen LogP contribution in [0.15, 0.2) is 12.3 Å². The van der Waals surface area contributed by atoms with Crippen molar-refractivity contribution in [1.29, 1.82) is 0 Å². The lowest BCUT2D eigenvalue weighted by molar-refractivity contribution is -0.385. The zero-order valence-corrected chi connectivity index (χ0v) is 11.0. The molecule has 0 saturated carbocycles. The van der Waals surface area contributed by atoms with E-state index < -0.39 is 17.0 Å². The summed E-state index contributed by atoms with van der Waals surface area (Å²) in [4.78, 5) is 26.9. The number of aliphatic carboxylic acids is 1. The normalized spacial score (nSPS) is 18.9. The first-order chi connectivity index (χ1) is 9.47. The number of nitrogens with zero attached hydrogens (tertiary/aromatic N) is 3. The summed E-state index contributed by atoms with van der Waals surface area (Å²) in [6, 6.07) is 1.64. The molecule has 0 amide bonds. The number of aromatic nitrogens is 1. The van der Waals surface area contributed by atoms with E-state index in [4.69, 9.17) is 9.84 Å². The van der Waals surface area contributed by atoms with Gasteiger partial charge in [0, 0.05) is 18.7 Å². The first-order valence-corrected chi connectivity index (χ1v) is 6.16. The fourth-order valence-corrected chi connectivity index (χ4v) is 2.14. The van der Waals surface area contributed by atoms with Crippen molar-refractivity contribution < 1.29 is 19.6 Å². The highest BCUT2D eigenvalue weighted by Gasteiger charge is 2.24. The third-order valence-electron chi connectivity index (χ3n) is 3.13. The van der Waals surface area contributed by atoms with Gasteiger partial charge in [-0.3, -0.25) is 14.9 Å². The smallest absolute Gasteiger partial charge is 0.306 e. The Morgan fingerprint density at radius 2 is 2.45 bits per heavy atom. The predicted octanol–water partition coefficient (Wildman–Crippen LogP) is 0.978. The molecule has 1 saturated heterocycles. The molecule has 0 bridgehead atoms. The van der Waals surface area contributed by atoms with E-state index in [-0.39, 0.29) is 12.1 Å². The number of anilines is 1. The van der Waals surface area contributed by atoms with Crippen molar-refractivity contribution in [3.63, 3.8) is 0 Å². The van der Waals surface area contributed by atoms with Gasteiger partial charge in [0.05, 0.1) is 24.1 Å². The molecule has 2 rings (SSSR count). The van der Waals surface area contributed by atoms with Crippen LogP contribution in [0.25, 0.3) is 0 Å². The van der Waals surface area contributed by atoms with Gasteiger partial charge in [0.15, 0.2) is 0 Å². The number of carboxylic acid groups (broad SMARTS) is 1. The second-order valence-corrected chi connectivity index (χ2v) is 4.62. The number of aryl methyl sites for hydroxylation is 1. The first kappa shape index (κ1) is 14.2. The molecule has 1 aromatic rings. The SMILES string of the molecule is Cc1cc(N2CCOC(CC(=O)O)C2)ncc1[N+](=O)[O-]. The quantitative estimate of drug-likeness (QED) is 0.647. The molecule has 1 atom stereocenters. The van der Waals surface area contributed by atoms with Crippen LogP contribution in [-0.4, -0.2) is 46.8 Å². The van der Waals surface area contributed by atoms with Gasteiger partial charge in [-0.2, -0.15) is 0 Å². The monoisotopic (exact) mass is 281 g/mol. The Morgan fingerprint density at radius 1 is 1.70 bits per heavy atom. The molecule has 0 radical (unpaired) electrons. The lowest BCUT2D eigenvalue weighted by Gasteiger charge is -2.33. The van der Waals surface area contributed by atoms with Crippen LogP contribution in [0.4, 0.5) is 11.5 Å². The third kappa shape index (κ3) is 3.21. The maximum absolute atomic E-state index is 10.7. The number of hydrogen-bond donors (Lipinski definition) is 1. The fraction of sp³-hybridized carbons (Fsp3) is 0.500. The number of carbonyl (C=O) groups is 1. The summed E-state index contributed by atoms with van der Waals surface area (Å²) >= 11 is 0. The summed E-state index contributed by atoms with van der Waals surface area (Å²) in [6.07, 6.45) is 0.771. The number of hydrogen-bond acceptors (Lipinski definition) is 6. The molecule has 1 aliphatic rings. The van der Waals surface area contributed by atoms with E-state index in [1.54, 1.807) is 13.0 Å². The number of rotatable bonds is 4. The van der Waals surface area contributed by atoms with E-state index in [0.717, 1.165) is 0 Å². The lowest BCUT2D eigenvalue weighted by atomic mass is 10.2. The molecule has 1 aromatic heterocycles. The second-order valence-electron chi connectivity index (χ2n) is 4.62. The van der Waals surface area contributed by atoms with Gasteiger partial charge in [0.2, 0.25) is 0 Å². The zero-order valence-electron chi connectivity index (χ0n) is 11.0. The van der Waals surface area contributed by atoms with Crippen molar-refractivity contribution in [3.8, 4) is 0 Å². The minimum atomic E-state index is -0.912. The van der Waals surface area contributed by atoms with Crippen LogP contribution in [-0.2, 0) is 9.53 Å². The number of nitro groups is 1. The van der Waals surface area contributed by atoms with E-state index in [1.807, 2.05) is 4.90 Å². The summed E-state index contributed by atoms with van der Waals surface area (Å²) in [5.41, 5.74) is 0.505. The molecule has 1 unspecified atom stereocenters. The van der Waals surface area contributed by atoms with Crippen LogP contribution >= 0.6 is 0 Å². The van der Waals surface area contributed by atoms with Gasteiger partial charge in [0.25, 0.3) is 5.69 Å². The minimum absolute atomic E-state index is 0.0240. The average molecular weight is 281 g/mol. The maximum atomic E-state index is 10.7.